The van der Waals surface area contributed by atoms with Gasteiger partial charge in [0.05, 0.1) is 0 Å². The van der Waals surface area contributed by atoms with Crippen LogP contribution in [0.1, 0.15) is 38.2 Å². The number of halogens is 1. The lowest BCUT2D eigenvalue weighted by Crippen LogP contribution is -2.33. The van der Waals surface area contributed by atoms with Gasteiger partial charge < -0.3 is 5.73 Å². The number of hydrogen-bond donors (Lipinski definition) is 1. The molecule has 1 fully saturated rings. The van der Waals surface area contributed by atoms with E-state index in [4.69, 9.17) is 17.3 Å². The Morgan fingerprint density at radius 1 is 1.40 bits per heavy atom. The van der Waals surface area contributed by atoms with Crippen LogP contribution in [0.15, 0.2) is 24.3 Å². The van der Waals surface area contributed by atoms with Gasteiger partial charge in [0.15, 0.2) is 0 Å². The van der Waals surface area contributed by atoms with Gasteiger partial charge >= 0.3 is 0 Å². The Morgan fingerprint density at radius 2 is 2.07 bits per heavy atom. The molecule has 2 heteroatoms. The highest BCUT2D eigenvalue weighted by atomic mass is 35.5. The fourth-order valence-corrected chi connectivity index (χ4v) is 2.70. The average Bonchev–Trinajstić information content (AvgIpc) is 2.62. The van der Waals surface area contributed by atoms with E-state index < -0.39 is 0 Å². The van der Waals surface area contributed by atoms with E-state index in [0.29, 0.717) is 0 Å². The van der Waals surface area contributed by atoms with Gasteiger partial charge in [-0.2, -0.15) is 0 Å². The molecule has 0 spiro atoms. The highest BCUT2D eigenvalue weighted by Gasteiger charge is 2.36. The van der Waals surface area contributed by atoms with Crippen molar-refractivity contribution in [2.75, 3.05) is 0 Å². The molecule has 1 aromatic rings. The van der Waals surface area contributed by atoms with E-state index >= 15 is 0 Å². The summed E-state index contributed by atoms with van der Waals surface area (Å²) >= 11 is 5.88. The number of rotatable bonds is 2. The molecule has 2 atom stereocenters. The molecular formula is C13H18ClN. The largest absolute Gasteiger partial charge is 0.321 e. The van der Waals surface area contributed by atoms with Gasteiger partial charge in [0.1, 0.15) is 0 Å². The zero-order valence-electron chi connectivity index (χ0n) is 9.17. The molecule has 0 radical (unpaired) electrons. The average molecular weight is 224 g/mol. The molecule has 0 saturated heterocycles. The van der Waals surface area contributed by atoms with E-state index in [0.717, 1.165) is 23.8 Å². The highest BCUT2D eigenvalue weighted by Crippen LogP contribution is 2.41. The van der Waals surface area contributed by atoms with Crippen molar-refractivity contribution >= 4 is 11.6 Å². The molecule has 0 amide bonds. The Kier molecular flexibility index (Phi) is 3.03. The molecule has 2 rings (SSSR count). The van der Waals surface area contributed by atoms with Crippen LogP contribution in [0, 0.1) is 5.92 Å². The smallest absolute Gasteiger partial charge is 0.0412 e. The Bertz CT molecular complexity index is 333. The van der Waals surface area contributed by atoms with Crippen LogP contribution in [0.3, 0.4) is 0 Å². The Hall–Kier alpha value is -0.530. The lowest BCUT2D eigenvalue weighted by molar-refractivity contribution is 0.424. The summed E-state index contributed by atoms with van der Waals surface area (Å²) in [5.41, 5.74) is 7.59. The number of nitrogens with two attached hydrogens (primary N) is 1. The maximum absolute atomic E-state index is 6.45. The molecule has 0 aliphatic heterocycles. The molecule has 2 N–H and O–H groups in total. The van der Waals surface area contributed by atoms with Crippen LogP contribution >= 0.6 is 11.6 Å². The molecule has 1 aliphatic rings. The molecule has 2 unspecified atom stereocenters. The van der Waals surface area contributed by atoms with Crippen LogP contribution < -0.4 is 5.73 Å². The highest BCUT2D eigenvalue weighted by molar-refractivity contribution is 6.30. The molecule has 1 aliphatic carbocycles. The molecule has 1 aromatic carbocycles. The summed E-state index contributed by atoms with van der Waals surface area (Å²) in [6.45, 7) is 2.25. The molecule has 82 valence electrons. The van der Waals surface area contributed by atoms with Gasteiger partial charge in [-0.05, 0) is 42.9 Å². The third-order valence-corrected chi connectivity index (χ3v) is 3.90. The van der Waals surface area contributed by atoms with Crippen LogP contribution in [0.2, 0.25) is 5.02 Å². The first kappa shape index (κ1) is 11.0. The fourth-order valence-electron chi connectivity index (χ4n) is 2.57. The van der Waals surface area contributed by atoms with Crippen molar-refractivity contribution in [1.29, 1.82) is 0 Å². The van der Waals surface area contributed by atoms with E-state index in [1.165, 1.54) is 18.4 Å². The van der Waals surface area contributed by atoms with E-state index in [2.05, 4.69) is 19.1 Å². The summed E-state index contributed by atoms with van der Waals surface area (Å²) in [5, 5.41) is 0.785. The SMILES string of the molecule is CCC1CCC(N)(c2ccc(Cl)cc2)C1. The summed E-state index contributed by atoms with van der Waals surface area (Å²) in [7, 11) is 0. The second kappa shape index (κ2) is 4.15. The van der Waals surface area contributed by atoms with Crippen molar-refractivity contribution in [3.8, 4) is 0 Å². The van der Waals surface area contributed by atoms with Crippen LogP contribution in [-0.4, -0.2) is 0 Å². The van der Waals surface area contributed by atoms with E-state index in [9.17, 15) is 0 Å². The topological polar surface area (TPSA) is 26.0 Å². The normalized spacial score (nSPS) is 30.7. The molecule has 0 bridgehead atoms. The second-order valence-electron chi connectivity index (χ2n) is 4.68. The van der Waals surface area contributed by atoms with Gasteiger partial charge in [-0.15, -0.1) is 0 Å². The Balaban J connectivity index is 2.20. The minimum Gasteiger partial charge on any atom is -0.321 e. The number of benzene rings is 1. The second-order valence-corrected chi connectivity index (χ2v) is 5.12. The van der Waals surface area contributed by atoms with Crippen molar-refractivity contribution in [3.05, 3.63) is 34.9 Å². The maximum Gasteiger partial charge on any atom is 0.0412 e. The lowest BCUT2D eigenvalue weighted by atomic mass is 9.88. The van der Waals surface area contributed by atoms with E-state index in [1.807, 2.05) is 12.1 Å². The van der Waals surface area contributed by atoms with Crippen molar-refractivity contribution in [2.45, 2.75) is 38.1 Å². The van der Waals surface area contributed by atoms with Crippen molar-refractivity contribution in [1.82, 2.24) is 0 Å². The minimum absolute atomic E-state index is 0.106. The van der Waals surface area contributed by atoms with Crippen LogP contribution in [0.25, 0.3) is 0 Å². The zero-order chi connectivity index (χ0) is 10.9. The third-order valence-electron chi connectivity index (χ3n) is 3.65. The third kappa shape index (κ3) is 2.19. The first-order valence-electron chi connectivity index (χ1n) is 5.69. The zero-order valence-corrected chi connectivity index (χ0v) is 9.93. The van der Waals surface area contributed by atoms with E-state index in [1.54, 1.807) is 0 Å². The van der Waals surface area contributed by atoms with Crippen molar-refractivity contribution < 1.29 is 0 Å². The van der Waals surface area contributed by atoms with Gasteiger partial charge in [-0.1, -0.05) is 37.1 Å². The molecule has 15 heavy (non-hydrogen) atoms. The van der Waals surface area contributed by atoms with Crippen molar-refractivity contribution in [2.24, 2.45) is 11.7 Å². The van der Waals surface area contributed by atoms with Gasteiger partial charge in [-0.25, -0.2) is 0 Å². The summed E-state index contributed by atoms with van der Waals surface area (Å²) in [6, 6.07) is 8.01. The first-order chi connectivity index (χ1) is 7.14. The van der Waals surface area contributed by atoms with Gasteiger partial charge in [-0.3, -0.25) is 0 Å². The number of hydrogen-bond acceptors (Lipinski definition) is 1. The predicted octanol–water partition coefficient (Wildman–Crippen LogP) is 3.70. The van der Waals surface area contributed by atoms with Gasteiger partial charge in [0, 0.05) is 10.6 Å². The minimum atomic E-state index is -0.106. The summed E-state index contributed by atoms with van der Waals surface area (Å²) in [5.74, 6) is 0.797. The van der Waals surface area contributed by atoms with E-state index in [-0.39, 0.29) is 5.54 Å². The molecule has 0 aromatic heterocycles. The van der Waals surface area contributed by atoms with Gasteiger partial charge in [0.25, 0.3) is 0 Å². The fraction of sp³-hybridized carbons (Fsp3) is 0.538. The monoisotopic (exact) mass is 223 g/mol. The van der Waals surface area contributed by atoms with Crippen LogP contribution in [-0.2, 0) is 5.54 Å². The first-order valence-corrected chi connectivity index (χ1v) is 6.07. The Morgan fingerprint density at radius 3 is 2.60 bits per heavy atom. The van der Waals surface area contributed by atoms with Crippen LogP contribution in [0.4, 0.5) is 0 Å². The molecule has 1 nitrogen and oxygen atoms in total. The van der Waals surface area contributed by atoms with Crippen LogP contribution in [0.5, 0.6) is 0 Å². The summed E-state index contributed by atoms with van der Waals surface area (Å²) in [6.07, 6.45) is 4.72. The molecule has 1 saturated carbocycles. The summed E-state index contributed by atoms with van der Waals surface area (Å²) in [4.78, 5) is 0. The predicted molar refractivity (Wildman–Crippen MR) is 64.9 cm³/mol. The molecule has 0 heterocycles. The Labute approximate surface area is 96.6 Å². The lowest BCUT2D eigenvalue weighted by Gasteiger charge is -2.25. The van der Waals surface area contributed by atoms with Gasteiger partial charge in [0.2, 0.25) is 0 Å². The summed E-state index contributed by atoms with van der Waals surface area (Å²) < 4.78 is 0. The van der Waals surface area contributed by atoms with Crippen molar-refractivity contribution in [3.63, 3.8) is 0 Å². The molecular weight excluding hydrogens is 206 g/mol. The quantitative estimate of drug-likeness (QED) is 0.813. The standard InChI is InChI=1S/C13H18ClN/c1-2-10-7-8-13(15,9-10)11-3-5-12(14)6-4-11/h3-6,10H,2,7-9,15H2,1H3. The maximum atomic E-state index is 6.45.